The summed E-state index contributed by atoms with van der Waals surface area (Å²) in [6.45, 7) is 5.83. The summed E-state index contributed by atoms with van der Waals surface area (Å²) in [6, 6.07) is 0. The van der Waals surface area contributed by atoms with Gasteiger partial charge < -0.3 is 5.11 Å². The predicted octanol–water partition coefficient (Wildman–Crippen LogP) is 2.89. The lowest BCUT2D eigenvalue weighted by atomic mass is 10.0. The zero-order valence-corrected chi connectivity index (χ0v) is 9.13. The molecule has 0 aliphatic heterocycles. The van der Waals surface area contributed by atoms with Crippen LogP contribution in [-0.2, 0) is 0 Å². The van der Waals surface area contributed by atoms with Crippen LogP contribution in [0.4, 0.5) is 0 Å². The standard InChI is InChI=1S/C9H12OS2/c1-4-5(2)7(10)9(12)8(11)6(4)3/h10-12H,1-3H3. The van der Waals surface area contributed by atoms with Crippen LogP contribution in [0.2, 0.25) is 0 Å². The minimum atomic E-state index is 0.242. The van der Waals surface area contributed by atoms with Gasteiger partial charge in [0.1, 0.15) is 5.75 Å². The zero-order chi connectivity index (χ0) is 9.46. The van der Waals surface area contributed by atoms with E-state index in [9.17, 15) is 5.11 Å². The first-order valence-corrected chi connectivity index (χ1v) is 4.57. The second kappa shape index (κ2) is 3.23. The Morgan fingerprint density at radius 3 is 1.83 bits per heavy atom. The molecule has 0 aliphatic rings. The molecule has 0 bridgehead atoms. The van der Waals surface area contributed by atoms with Crippen molar-refractivity contribution in [3.05, 3.63) is 16.7 Å². The van der Waals surface area contributed by atoms with Crippen LogP contribution >= 0.6 is 25.3 Å². The average molecular weight is 200 g/mol. The van der Waals surface area contributed by atoms with Crippen molar-refractivity contribution in [2.75, 3.05) is 0 Å². The van der Waals surface area contributed by atoms with Gasteiger partial charge in [0.15, 0.2) is 0 Å². The summed E-state index contributed by atoms with van der Waals surface area (Å²) in [5.74, 6) is 0.242. The van der Waals surface area contributed by atoms with Gasteiger partial charge in [-0.2, -0.15) is 0 Å². The molecule has 3 heteroatoms. The van der Waals surface area contributed by atoms with Crippen molar-refractivity contribution < 1.29 is 5.11 Å². The van der Waals surface area contributed by atoms with Crippen molar-refractivity contribution in [2.45, 2.75) is 30.6 Å². The molecule has 66 valence electrons. The van der Waals surface area contributed by atoms with Crippen molar-refractivity contribution in [2.24, 2.45) is 0 Å². The van der Waals surface area contributed by atoms with E-state index in [0.29, 0.717) is 4.90 Å². The van der Waals surface area contributed by atoms with E-state index < -0.39 is 0 Å². The zero-order valence-electron chi connectivity index (χ0n) is 7.34. The highest BCUT2D eigenvalue weighted by Gasteiger charge is 2.11. The van der Waals surface area contributed by atoms with Crippen LogP contribution in [0, 0.1) is 20.8 Å². The third-order valence-corrected chi connectivity index (χ3v) is 3.45. The van der Waals surface area contributed by atoms with Gasteiger partial charge >= 0.3 is 0 Å². The highest BCUT2D eigenvalue weighted by atomic mass is 32.1. The fourth-order valence-corrected chi connectivity index (χ4v) is 1.71. The molecular weight excluding hydrogens is 188 g/mol. The van der Waals surface area contributed by atoms with Crippen molar-refractivity contribution in [3.63, 3.8) is 0 Å². The van der Waals surface area contributed by atoms with Gasteiger partial charge in [0.2, 0.25) is 0 Å². The highest BCUT2D eigenvalue weighted by Crippen LogP contribution is 2.36. The summed E-state index contributed by atoms with van der Waals surface area (Å²) in [4.78, 5) is 1.33. The number of hydrogen-bond donors (Lipinski definition) is 3. The molecule has 0 unspecified atom stereocenters. The van der Waals surface area contributed by atoms with Crippen molar-refractivity contribution >= 4 is 25.3 Å². The van der Waals surface area contributed by atoms with E-state index in [1.54, 1.807) is 0 Å². The van der Waals surface area contributed by atoms with Gasteiger partial charge in [-0.3, -0.25) is 0 Å². The first-order valence-electron chi connectivity index (χ1n) is 3.67. The molecule has 12 heavy (non-hydrogen) atoms. The van der Waals surface area contributed by atoms with Gasteiger partial charge in [-0.15, -0.1) is 25.3 Å². The monoisotopic (exact) mass is 200 g/mol. The maximum atomic E-state index is 9.57. The van der Waals surface area contributed by atoms with E-state index in [2.05, 4.69) is 25.3 Å². The number of aromatic hydroxyl groups is 1. The van der Waals surface area contributed by atoms with Crippen molar-refractivity contribution in [1.29, 1.82) is 0 Å². The fourth-order valence-electron chi connectivity index (χ4n) is 1.10. The summed E-state index contributed by atoms with van der Waals surface area (Å²) >= 11 is 8.43. The quantitative estimate of drug-likeness (QED) is 0.550. The summed E-state index contributed by atoms with van der Waals surface area (Å²) in [6.07, 6.45) is 0. The first-order chi connectivity index (χ1) is 5.46. The van der Waals surface area contributed by atoms with Gasteiger partial charge in [0.25, 0.3) is 0 Å². The lowest BCUT2D eigenvalue weighted by Gasteiger charge is -2.12. The molecule has 0 amide bonds. The van der Waals surface area contributed by atoms with Crippen LogP contribution in [0.3, 0.4) is 0 Å². The number of phenolic OH excluding ortho intramolecular Hbond substituents is 1. The molecule has 0 aliphatic carbocycles. The maximum Gasteiger partial charge on any atom is 0.133 e. The molecule has 0 saturated carbocycles. The molecule has 0 atom stereocenters. The van der Waals surface area contributed by atoms with Gasteiger partial charge in [0, 0.05) is 4.90 Å². The third-order valence-electron chi connectivity index (χ3n) is 2.28. The van der Waals surface area contributed by atoms with E-state index >= 15 is 0 Å². The van der Waals surface area contributed by atoms with Crippen LogP contribution in [0.5, 0.6) is 5.75 Å². The minimum Gasteiger partial charge on any atom is -0.506 e. The van der Waals surface area contributed by atoms with E-state index in [1.165, 1.54) is 0 Å². The number of thiol groups is 2. The Balaban J connectivity index is 3.60. The largest absolute Gasteiger partial charge is 0.506 e. The van der Waals surface area contributed by atoms with Crippen molar-refractivity contribution in [3.8, 4) is 5.75 Å². The molecule has 1 rings (SSSR count). The summed E-state index contributed by atoms with van der Waals surface area (Å²) in [5.41, 5.74) is 3.05. The van der Waals surface area contributed by atoms with Gasteiger partial charge in [-0.1, -0.05) is 0 Å². The molecule has 0 spiro atoms. The number of hydrogen-bond acceptors (Lipinski definition) is 3. The van der Waals surface area contributed by atoms with Crippen LogP contribution in [0.1, 0.15) is 16.7 Å². The SMILES string of the molecule is Cc1c(C)c(O)c(S)c(S)c1C. The lowest BCUT2D eigenvalue weighted by molar-refractivity contribution is 0.454. The minimum absolute atomic E-state index is 0.242. The molecular formula is C9H12OS2. The first kappa shape index (κ1) is 9.81. The normalized spacial score (nSPS) is 10.4. The molecule has 0 heterocycles. The maximum absolute atomic E-state index is 9.57. The van der Waals surface area contributed by atoms with E-state index in [-0.39, 0.29) is 5.75 Å². The highest BCUT2D eigenvalue weighted by molar-refractivity contribution is 7.83. The van der Waals surface area contributed by atoms with Gasteiger partial charge in [0.05, 0.1) is 4.90 Å². The Labute approximate surface area is 83.6 Å². The second-order valence-corrected chi connectivity index (χ2v) is 3.82. The molecule has 1 aromatic rings. The Bertz CT molecular complexity index is 227. The molecule has 0 saturated heterocycles. The van der Waals surface area contributed by atoms with Gasteiger partial charge in [-0.05, 0) is 37.5 Å². The predicted molar refractivity (Wildman–Crippen MR) is 56.8 cm³/mol. The van der Waals surface area contributed by atoms with Gasteiger partial charge in [-0.25, -0.2) is 0 Å². The smallest absolute Gasteiger partial charge is 0.133 e. The van der Waals surface area contributed by atoms with Crippen LogP contribution in [-0.4, -0.2) is 5.11 Å². The summed E-state index contributed by atoms with van der Waals surface area (Å²) in [7, 11) is 0. The third kappa shape index (κ3) is 1.31. The van der Waals surface area contributed by atoms with E-state index in [4.69, 9.17) is 0 Å². The van der Waals surface area contributed by atoms with Crippen LogP contribution in [0.15, 0.2) is 9.79 Å². The van der Waals surface area contributed by atoms with E-state index in [0.717, 1.165) is 21.6 Å². The topological polar surface area (TPSA) is 20.2 Å². The van der Waals surface area contributed by atoms with Crippen molar-refractivity contribution in [1.82, 2.24) is 0 Å². The Hall–Kier alpha value is -0.280. The lowest BCUT2D eigenvalue weighted by Crippen LogP contribution is -1.91. The summed E-state index contributed by atoms with van der Waals surface area (Å²) in [5, 5.41) is 9.57. The molecule has 0 aromatic heterocycles. The van der Waals surface area contributed by atoms with Crippen LogP contribution < -0.4 is 0 Å². The van der Waals surface area contributed by atoms with Crippen LogP contribution in [0.25, 0.3) is 0 Å². The Kier molecular flexibility index (Phi) is 2.64. The molecule has 1 aromatic carbocycles. The number of benzene rings is 1. The number of rotatable bonds is 0. The molecule has 1 N–H and O–H groups in total. The summed E-state index contributed by atoms with van der Waals surface area (Å²) < 4.78 is 0. The molecule has 0 fully saturated rings. The average Bonchev–Trinajstić information content (AvgIpc) is 2.08. The molecule has 0 radical (unpaired) electrons. The van der Waals surface area contributed by atoms with E-state index in [1.807, 2.05) is 20.8 Å². The second-order valence-electron chi connectivity index (χ2n) is 2.92. The Morgan fingerprint density at radius 2 is 1.33 bits per heavy atom. The molecule has 1 nitrogen and oxygen atoms in total. The Morgan fingerprint density at radius 1 is 0.833 bits per heavy atom. The number of phenols is 1. The fraction of sp³-hybridized carbons (Fsp3) is 0.333.